The first-order valence-electron chi connectivity index (χ1n) is 8.40. The van der Waals surface area contributed by atoms with E-state index in [0.717, 1.165) is 44.8 Å². The lowest BCUT2D eigenvalue weighted by atomic mass is 9.80. The summed E-state index contributed by atoms with van der Waals surface area (Å²) in [6.45, 7) is 13.2. The molecule has 1 fully saturated rings. The second-order valence-corrected chi connectivity index (χ2v) is 7.91. The lowest BCUT2D eigenvalue weighted by molar-refractivity contribution is 0.0119. The lowest BCUT2D eigenvalue weighted by Crippen LogP contribution is -2.47. The van der Waals surface area contributed by atoms with Crippen molar-refractivity contribution in [3.63, 3.8) is 0 Å². The third kappa shape index (κ3) is 5.27. The largest absolute Gasteiger partial charge is 0.468 e. The summed E-state index contributed by atoms with van der Waals surface area (Å²) in [6.07, 6.45) is 3.50. The first-order chi connectivity index (χ1) is 10.7. The van der Waals surface area contributed by atoms with Gasteiger partial charge in [0.25, 0.3) is 0 Å². The number of carbonyl (C=O) groups excluding carboxylic acids is 1. The van der Waals surface area contributed by atoms with Crippen molar-refractivity contribution < 1.29 is 13.9 Å². The quantitative estimate of drug-likeness (QED) is 0.918. The summed E-state index contributed by atoms with van der Waals surface area (Å²) in [5.41, 5.74) is 0.960. The van der Waals surface area contributed by atoms with Crippen LogP contribution in [-0.2, 0) is 11.3 Å². The van der Waals surface area contributed by atoms with Crippen LogP contribution in [0.1, 0.15) is 51.9 Å². The van der Waals surface area contributed by atoms with Crippen molar-refractivity contribution >= 4 is 6.09 Å². The maximum absolute atomic E-state index is 12.1. The van der Waals surface area contributed by atoms with Crippen LogP contribution in [0.15, 0.2) is 16.7 Å². The minimum atomic E-state index is -0.430. The summed E-state index contributed by atoms with van der Waals surface area (Å²) in [5.74, 6) is 1.000. The van der Waals surface area contributed by atoms with E-state index in [2.05, 4.69) is 19.2 Å². The minimum Gasteiger partial charge on any atom is -0.468 e. The number of carbonyl (C=O) groups is 1. The molecule has 2 rings (SSSR count). The van der Waals surface area contributed by atoms with E-state index in [1.54, 1.807) is 6.26 Å². The molecule has 0 spiro atoms. The van der Waals surface area contributed by atoms with Gasteiger partial charge in [-0.2, -0.15) is 0 Å². The highest BCUT2D eigenvalue weighted by Crippen LogP contribution is 2.31. The molecule has 0 atom stereocenters. The molecule has 1 aromatic rings. The number of amides is 1. The SMILES string of the molecule is Cc1ccoc1CNCC1(C)CCN(C(=O)OC(C)(C)C)CC1. The number of furan rings is 1. The highest BCUT2D eigenvalue weighted by molar-refractivity contribution is 5.68. The summed E-state index contributed by atoms with van der Waals surface area (Å²) in [5, 5.41) is 3.49. The van der Waals surface area contributed by atoms with Crippen LogP contribution in [0.2, 0.25) is 0 Å². The zero-order chi connectivity index (χ0) is 17.1. The van der Waals surface area contributed by atoms with Gasteiger partial charge in [0.15, 0.2) is 0 Å². The van der Waals surface area contributed by atoms with Gasteiger partial charge in [-0.1, -0.05) is 6.92 Å². The number of nitrogens with zero attached hydrogens (tertiary/aromatic N) is 1. The highest BCUT2D eigenvalue weighted by Gasteiger charge is 2.33. The van der Waals surface area contributed by atoms with Crippen molar-refractivity contribution in [2.24, 2.45) is 5.41 Å². The van der Waals surface area contributed by atoms with Gasteiger partial charge in [-0.15, -0.1) is 0 Å². The summed E-state index contributed by atoms with van der Waals surface area (Å²) in [7, 11) is 0. The first kappa shape index (κ1) is 17.9. The van der Waals surface area contributed by atoms with E-state index in [1.165, 1.54) is 5.56 Å². The van der Waals surface area contributed by atoms with Crippen LogP contribution in [0.4, 0.5) is 4.79 Å². The predicted molar refractivity (Wildman–Crippen MR) is 90.3 cm³/mol. The van der Waals surface area contributed by atoms with Crippen LogP contribution in [0.5, 0.6) is 0 Å². The van der Waals surface area contributed by atoms with Crippen molar-refractivity contribution in [1.82, 2.24) is 10.2 Å². The van der Waals surface area contributed by atoms with Gasteiger partial charge in [-0.05, 0) is 57.6 Å². The van der Waals surface area contributed by atoms with E-state index in [4.69, 9.17) is 9.15 Å². The molecule has 23 heavy (non-hydrogen) atoms. The Bertz CT molecular complexity index is 523. The van der Waals surface area contributed by atoms with Crippen molar-refractivity contribution in [3.05, 3.63) is 23.7 Å². The number of nitrogens with one attached hydrogen (secondary N) is 1. The van der Waals surface area contributed by atoms with Gasteiger partial charge in [-0.3, -0.25) is 0 Å². The van der Waals surface area contributed by atoms with Gasteiger partial charge in [0, 0.05) is 19.6 Å². The molecule has 0 aromatic carbocycles. The van der Waals surface area contributed by atoms with E-state index in [1.807, 2.05) is 31.7 Å². The van der Waals surface area contributed by atoms with Gasteiger partial charge >= 0.3 is 6.09 Å². The molecule has 130 valence electrons. The number of piperidine rings is 1. The van der Waals surface area contributed by atoms with Crippen molar-refractivity contribution in [3.8, 4) is 0 Å². The maximum Gasteiger partial charge on any atom is 0.410 e. The number of ether oxygens (including phenoxy) is 1. The normalized spacial score (nSPS) is 18.0. The highest BCUT2D eigenvalue weighted by atomic mass is 16.6. The molecule has 0 radical (unpaired) electrons. The third-order valence-electron chi connectivity index (χ3n) is 4.43. The van der Waals surface area contributed by atoms with E-state index < -0.39 is 5.60 Å². The topological polar surface area (TPSA) is 54.7 Å². The number of hydrogen-bond acceptors (Lipinski definition) is 4. The van der Waals surface area contributed by atoms with Crippen LogP contribution < -0.4 is 5.32 Å². The number of hydrogen-bond donors (Lipinski definition) is 1. The number of aryl methyl sites for hydroxylation is 1. The Hall–Kier alpha value is -1.49. The van der Waals surface area contributed by atoms with Crippen LogP contribution in [0.3, 0.4) is 0 Å². The van der Waals surface area contributed by atoms with Gasteiger partial charge in [0.05, 0.1) is 12.8 Å². The fourth-order valence-corrected chi connectivity index (χ4v) is 2.80. The van der Waals surface area contributed by atoms with Gasteiger partial charge in [0.2, 0.25) is 0 Å². The molecule has 1 aliphatic heterocycles. The summed E-state index contributed by atoms with van der Waals surface area (Å²) in [6, 6.07) is 1.98. The van der Waals surface area contributed by atoms with Crippen LogP contribution in [-0.4, -0.2) is 36.2 Å². The standard InChI is InChI=1S/C18H30N2O3/c1-14-6-11-22-15(14)12-19-13-18(5)7-9-20(10-8-18)16(21)23-17(2,3)4/h6,11,19H,7-10,12-13H2,1-5H3. The summed E-state index contributed by atoms with van der Waals surface area (Å²) < 4.78 is 10.9. The van der Waals surface area contributed by atoms with Crippen molar-refractivity contribution in [2.45, 2.75) is 59.6 Å². The predicted octanol–water partition coefficient (Wildman–Crippen LogP) is 3.71. The smallest absolute Gasteiger partial charge is 0.410 e. The average molecular weight is 322 g/mol. The average Bonchev–Trinajstić information content (AvgIpc) is 2.83. The molecular weight excluding hydrogens is 292 g/mol. The molecule has 1 aromatic heterocycles. The Labute approximate surface area is 139 Å². The fraction of sp³-hybridized carbons (Fsp3) is 0.722. The van der Waals surface area contributed by atoms with Crippen LogP contribution in [0, 0.1) is 12.3 Å². The third-order valence-corrected chi connectivity index (χ3v) is 4.43. The van der Waals surface area contributed by atoms with Gasteiger partial charge in [-0.25, -0.2) is 4.79 Å². The second-order valence-electron chi connectivity index (χ2n) is 7.91. The Morgan fingerprint density at radius 2 is 2.04 bits per heavy atom. The Balaban J connectivity index is 1.76. The number of likely N-dealkylation sites (tertiary alicyclic amines) is 1. The zero-order valence-corrected chi connectivity index (χ0v) is 15.1. The molecule has 2 heterocycles. The van der Waals surface area contributed by atoms with E-state index in [0.29, 0.717) is 0 Å². The Morgan fingerprint density at radius 3 is 2.57 bits per heavy atom. The Morgan fingerprint density at radius 1 is 1.39 bits per heavy atom. The molecule has 0 saturated carbocycles. The zero-order valence-electron chi connectivity index (χ0n) is 15.1. The summed E-state index contributed by atoms with van der Waals surface area (Å²) >= 11 is 0. The van der Waals surface area contributed by atoms with Crippen LogP contribution >= 0.6 is 0 Å². The molecule has 1 aliphatic rings. The molecular formula is C18H30N2O3. The molecule has 5 nitrogen and oxygen atoms in total. The number of rotatable bonds is 4. The van der Waals surface area contributed by atoms with E-state index in [-0.39, 0.29) is 11.5 Å². The molecule has 0 aliphatic carbocycles. The molecule has 1 N–H and O–H groups in total. The van der Waals surface area contributed by atoms with Gasteiger partial charge in [0.1, 0.15) is 11.4 Å². The first-order valence-corrected chi connectivity index (χ1v) is 8.40. The van der Waals surface area contributed by atoms with E-state index >= 15 is 0 Å². The molecule has 0 bridgehead atoms. The summed E-state index contributed by atoms with van der Waals surface area (Å²) in [4.78, 5) is 13.9. The molecule has 5 heteroatoms. The monoisotopic (exact) mass is 322 g/mol. The minimum absolute atomic E-state index is 0.196. The van der Waals surface area contributed by atoms with Gasteiger partial charge < -0.3 is 19.4 Å². The molecule has 0 unspecified atom stereocenters. The van der Waals surface area contributed by atoms with Crippen molar-refractivity contribution in [2.75, 3.05) is 19.6 Å². The Kier molecular flexibility index (Phi) is 5.40. The fourth-order valence-electron chi connectivity index (χ4n) is 2.80. The molecule has 1 saturated heterocycles. The van der Waals surface area contributed by atoms with E-state index in [9.17, 15) is 4.79 Å². The maximum atomic E-state index is 12.1. The van der Waals surface area contributed by atoms with Crippen LogP contribution in [0.25, 0.3) is 0 Å². The van der Waals surface area contributed by atoms with Crippen molar-refractivity contribution in [1.29, 1.82) is 0 Å². The molecule has 1 amide bonds. The second kappa shape index (κ2) is 6.95. The lowest BCUT2D eigenvalue weighted by Gasteiger charge is -2.39.